The van der Waals surface area contributed by atoms with Gasteiger partial charge in [0.2, 0.25) is 0 Å². The lowest BCUT2D eigenvalue weighted by Crippen LogP contribution is -2.43. The third-order valence-corrected chi connectivity index (χ3v) is 2.99. The molecule has 1 fully saturated rings. The van der Waals surface area contributed by atoms with Gasteiger partial charge in [0.1, 0.15) is 0 Å². The largest absolute Gasteiger partial charge is 0.318 e. The Bertz CT molecular complexity index is 141. The molecular weight excluding hydrogens is 160 g/mol. The highest BCUT2D eigenvalue weighted by Crippen LogP contribution is 2.30. The summed E-state index contributed by atoms with van der Waals surface area (Å²) in [7, 11) is 4.31. The highest BCUT2D eigenvalue weighted by molar-refractivity contribution is 4.81. The average Bonchev–Trinajstić information content (AvgIpc) is 2.83. The molecule has 0 bridgehead atoms. The minimum atomic E-state index is 0.700. The van der Waals surface area contributed by atoms with E-state index in [0.717, 1.165) is 18.4 Å². The zero-order valence-corrected chi connectivity index (χ0v) is 9.51. The van der Waals surface area contributed by atoms with Crippen molar-refractivity contribution in [3.8, 4) is 0 Å². The van der Waals surface area contributed by atoms with E-state index in [4.69, 9.17) is 0 Å². The maximum absolute atomic E-state index is 3.28. The number of nitrogens with one attached hydrogen (secondary N) is 1. The van der Waals surface area contributed by atoms with Gasteiger partial charge in [0, 0.05) is 19.1 Å². The molecule has 1 saturated carbocycles. The van der Waals surface area contributed by atoms with Crippen LogP contribution in [-0.4, -0.2) is 38.1 Å². The van der Waals surface area contributed by atoms with Crippen LogP contribution in [0.4, 0.5) is 0 Å². The smallest absolute Gasteiger partial charge is 0.0240 e. The molecule has 0 heterocycles. The maximum Gasteiger partial charge on any atom is 0.0240 e. The van der Waals surface area contributed by atoms with E-state index < -0.39 is 0 Å². The normalized spacial score (nSPS) is 19.8. The number of nitrogens with zero attached hydrogens (tertiary/aromatic N) is 1. The first-order valence-electron chi connectivity index (χ1n) is 5.50. The Kier molecular flexibility index (Phi) is 4.20. The highest BCUT2D eigenvalue weighted by Gasteiger charge is 2.26. The van der Waals surface area contributed by atoms with Crippen LogP contribution in [0.25, 0.3) is 0 Å². The second kappa shape index (κ2) is 4.97. The lowest BCUT2D eigenvalue weighted by Gasteiger charge is -2.31. The van der Waals surface area contributed by atoms with Gasteiger partial charge in [-0.25, -0.2) is 0 Å². The highest BCUT2D eigenvalue weighted by atomic mass is 15.2. The van der Waals surface area contributed by atoms with Gasteiger partial charge in [0.05, 0.1) is 0 Å². The summed E-state index contributed by atoms with van der Waals surface area (Å²) in [6.45, 7) is 7.03. The molecule has 0 saturated heterocycles. The summed E-state index contributed by atoms with van der Waals surface area (Å²) in [5.41, 5.74) is 0. The number of hydrogen-bond acceptors (Lipinski definition) is 2. The molecule has 13 heavy (non-hydrogen) atoms. The van der Waals surface area contributed by atoms with Gasteiger partial charge in [-0.3, -0.25) is 0 Å². The van der Waals surface area contributed by atoms with Gasteiger partial charge in [0.15, 0.2) is 0 Å². The Labute approximate surface area is 82.7 Å². The molecule has 1 aliphatic carbocycles. The summed E-state index contributed by atoms with van der Waals surface area (Å²) in [6.07, 6.45) is 2.91. The summed E-state index contributed by atoms with van der Waals surface area (Å²) in [6, 6.07) is 0.700. The van der Waals surface area contributed by atoms with Gasteiger partial charge >= 0.3 is 0 Å². The molecule has 0 spiro atoms. The molecule has 1 aliphatic rings. The van der Waals surface area contributed by atoms with Crippen LogP contribution in [0.3, 0.4) is 0 Å². The number of likely N-dealkylation sites (N-methyl/N-ethyl adjacent to an activating group) is 2. The minimum Gasteiger partial charge on any atom is -0.318 e. The van der Waals surface area contributed by atoms with Crippen molar-refractivity contribution in [2.45, 2.75) is 32.7 Å². The Balaban J connectivity index is 2.31. The zero-order chi connectivity index (χ0) is 9.84. The molecule has 0 aromatic carbocycles. The lowest BCUT2D eigenvalue weighted by molar-refractivity contribution is 0.183. The third kappa shape index (κ3) is 3.65. The Morgan fingerprint density at radius 3 is 2.38 bits per heavy atom. The first kappa shape index (κ1) is 11.0. The van der Waals surface area contributed by atoms with Crippen LogP contribution in [0.2, 0.25) is 0 Å². The second-order valence-corrected chi connectivity index (χ2v) is 4.75. The standard InChI is InChI=1S/C11H24N2/c1-9(2)11(7-12-3)13(4)8-10-5-6-10/h9-12H,5-8H2,1-4H3. The van der Waals surface area contributed by atoms with Crippen LogP contribution >= 0.6 is 0 Å². The third-order valence-electron chi connectivity index (χ3n) is 2.99. The van der Waals surface area contributed by atoms with E-state index >= 15 is 0 Å². The fourth-order valence-electron chi connectivity index (χ4n) is 1.95. The molecule has 78 valence electrons. The molecule has 1 atom stereocenters. The van der Waals surface area contributed by atoms with Crippen LogP contribution in [0, 0.1) is 11.8 Å². The Hall–Kier alpha value is -0.0800. The number of hydrogen-bond donors (Lipinski definition) is 1. The van der Waals surface area contributed by atoms with Crippen LogP contribution in [0.5, 0.6) is 0 Å². The molecule has 0 radical (unpaired) electrons. The molecule has 2 heteroatoms. The molecule has 1 N–H and O–H groups in total. The van der Waals surface area contributed by atoms with Crippen molar-refractivity contribution in [2.75, 3.05) is 27.2 Å². The van der Waals surface area contributed by atoms with Crippen LogP contribution < -0.4 is 5.32 Å². The molecule has 0 amide bonds. The van der Waals surface area contributed by atoms with E-state index in [2.05, 4.69) is 31.1 Å². The minimum absolute atomic E-state index is 0.700. The molecule has 1 unspecified atom stereocenters. The van der Waals surface area contributed by atoms with Gasteiger partial charge < -0.3 is 10.2 Å². The van der Waals surface area contributed by atoms with E-state index in [1.807, 2.05) is 7.05 Å². The Morgan fingerprint density at radius 2 is 2.00 bits per heavy atom. The van der Waals surface area contributed by atoms with E-state index in [0.29, 0.717) is 6.04 Å². The van der Waals surface area contributed by atoms with E-state index in [1.165, 1.54) is 19.4 Å². The molecule has 0 aromatic heterocycles. The lowest BCUT2D eigenvalue weighted by atomic mass is 10.0. The maximum atomic E-state index is 3.28. The summed E-state index contributed by atoms with van der Waals surface area (Å²) >= 11 is 0. The SMILES string of the molecule is CNCC(C(C)C)N(C)CC1CC1. The average molecular weight is 184 g/mol. The zero-order valence-electron chi connectivity index (χ0n) is 9.51. The molecular formula is C11H24N2. The summed E-state index contributed by atoms with van der Waals surface area (Å²) < 4.78 is 0. The summed E-state index contributed by atoms with van der Waals surface area (Å²) in [5, 5.41) is 3.28. The van der Waals surface area contributed by atoms with Crippen LogP contribution in [0.15, 0.2) is 0 Å². The summed E-state index contributed by atoms with van der Waals surface area (Å²) in [4.78, 5) is 2.53. The van der Waals surface area contributed by atoms with Gasteiger partial charge in [-0.05, 0) is 38.8 Å². The number of rotatable bonds is 6. The van der Waals surface area contributed by atoms with Crippen molar-refractivity contribution in [3.63, 3.8) is 0 Å². The van der Waals surface area contributed by atoms with Crippen LogP contribution in [-0.2, 0) is 0 Å². The quantitative estimate of drug-likeness (QED) is 0.674. The van der Waals surface area contributed by atoms with Crippen LogP contribution in [0.1, 0.15) is 26.7 Å². The van der Waals surface area contributed by atoms with Crippen molar-refractivity contribution in [1.29, 1.82) is 0 Å². The first-order chi connectivity index (χ1) is 6.15. The molecule has 2 nitrogen and oxygen atoms in total. The van der Waals surface area contributed by atoms with Gasteiger partial charge in [0.25, 0.3) is 0 Å². The van der Waals surface area contributed by atoms with Gasteiger partial charge in [-0.15, -0.1) is 0 Å². The van der Waals surface area contributed by atoms with E-state index in [9.17, 15) is 0 Å². The van der Waals surface area contributed by atoms with Crippen molar-refractivity contribution < 1.29 is 0 Å². The van der Waals surface area contributed by atoms with Gasteiger partial charge in [-0.1, -0.05) is 13.8 Å². The van der Waals surface area contributed by atoms with Gasteiger partial charge in [-0.2, -0.15) is 0 Å². The van der Waals surface area contributed by atoms with Crippen molar-refractivity contribution >= 4 is 0 Å². The fraction of sp³-hybridized carbons (Fsp3) is 1.00. The molecule has 0 aliphatic heterocycles. The van der Waals surface area contributed by atoms with E-state index in [1.54, 1.807) is 0 Å². The first-order valence-corrected chi connectivity index (χ1v) is 5.50. The van der Waals surface area contributed by atoms with Crippen molar-refractivity contribution in [3.05, 3.63) is 0 Å². The summed E-state index contributed by atoms with van der Waals surface area (Å²) in [5.74, 6) is 1.75. The predicted octanol–water partition coefficient (Wildman–Crippen LogP) is 1.57. The predicted molar refractivity (Wildman–Crippen MR) is 57.9 cm³/mol. The second-order valence-electron chi connectivity index (χ2n) is 4.75. The van der Waals surface area contributed by atoms with Crippen molar-refractivity contribution in [2.24, 2.45) is 11.8 Å². The van der Waals surface area contributed by atoms with Crippen molar-refractivity contribution in [1.82, 2.24) is 10.2 Å². The molecule has 1 rings (SSSR count). The van der Waals surface area contributed by atoms with E-state index in [-0.39, 0.29) is 0 Å². The fourth-order valence-corrected chi connectivity index (χ4v) is 1.95. The topological polar surface area (TPSA) is 15.3 Å². The monoisotopic (exact) mass is 184 g/mol. The Morgan fingerprint density at radius 1 is 1.38 bits per heavy atom. The molecule has 0 aromatic rings.